The van der Waals surface area contributed by atoms with Crippen LogP contribution in [0.3, 0.4) is 0 Å². The standard InChI is InChI=1S/C17H28IN/c1-3-5-6-7-8-12-17(19-13-4-2)15-10-9-11-16(18)14-15/h9-11,14,17,19H,3-8,12-13H2,1-2H3. The SMILES string of the molecule is CCCCCCCC(NCCC)c1cccc(I)c1. The van der Waals surface area contributed by atoms with Crippen molar-refractivity contribution in [3.63, 3.8) is 0 Å². The molecular formula is C17H28IN. The van der Waals surface area contributed by atoms with Gasteiger partial charge in [-0.15, -0.1) is 0 Å². The van der Waals surface area contributed by atoms with Crippen LogP contribution in [0.15, 0.2) is 24.3 Å². The Morgan fingerprint density at radius 1 is 1.05 bits per heavy atom. The van der Waals surface area contributed by atoms with Gasteiger partial charge in [-0.2, -0.15) is 0 Å². The van der Waals surface area contributed by atoms with Gasteiger partial charge in [0.1, 0.15) is 0 Å². The highest BCUT2D eigenvalue weighted by Gasteiger charge is 2.10. The maximum absolute atomic E-state index is 3.70. The fourth-order valence-electron chi connectivity index (χ4n) is 2.38. The molecule has 0 saturated carbocycles. The van der Waals surface area contributed by atoms with E-state index in [0.29, 0.717) is 6.04 Å². The lowest BCUT2D eigenvalue weighted by molar-refractivity contribution is 0.468. The Bertz CT molecular complexity index is 338. The van der Waals surface area contributed by atoms with Crippen molar-refractivity contribution in [1.82, 2.24) is 5.32 Å². The zero-order chi connectivity index (χ0) is 13.9. The Morgan fingerprint density at radius 3 is 2.53 bits per heavy atom. The molecular weight excluding hydrogens is 345 g/mol. The molecule has 19 heavy (non-hydrogen) atoms. The molecule has 1 atom stereocenters. The molecule has 1 nitrogen and oxygen atoms in total. The lowest BCUT2D eigenvalue weighted by Crippen LogP contribution is -2.22. The summed E-state index contributed by atoms with van der Waals surface area (Å²) in [5, 5.41) is 3.70. The first-order chi connectivity index (χ1) is 9.27. The number of hydrogen-bond donors (Lipinski definition) is 1. The van der Waals surface area contributed by atoms with E-state index in [4.69, 9.17) is 0 Å². The molecule has 1 unspecified atom stereocenters. The average Bonchev–Trinajstić information content (AvgIpc) is 2.42. The smallest absolute Gasteiger partial charge is 0.0320 e. The highest BCUT2D eigenvalue weighted by Crippen LogP contribution is 2.22. The van der Waals surface area contributed by atoms with Gasteiger partial charge in [0.15, 0.2) is 0 Å². The first-order valence-corrected chi connectivity index (χ1v) is 8.84. The summed E-state index contributed by atoms with van der Waals surface area (Å²) in [5.41, 5.74) is 1.45. The van der Waals surface area contributed by atoms with Gasteiger partial charge in [-0.3, -0.25) is 0 Å². The molecule has 0 aromatic heterocycles. The maximum atomic E-state index is 3.70. The van der Waals surface area contributed by atoms with Crippen LogP contribution in [0, 0.1) is 3.57 Å². The number of hydrogen-bond acceptors (Lipinski definition) is 1. The summed E-state index contributed by atoms with van der Waals surface area (Å²) in [6.45, 7) is 5.63. The molecule has 0 bridgehead atoms. The zero-order valence-electron chi connectivity index (χ0n) is 12.4. The van der Waals surface area contributed by atoms with Gasteiger partial charge in [-0.25, -0.2) is 0 Å². The van der Waals surface area contributed by atoms with Crippen molar-refractivity contribution in [3.05, 3.63) is 33.4 Å². The van der Waals surface area contributed by atoms with E-state index < -0.39 is 0 Å². The van der Waals surface area contributed by atoms with E-state index in [1.807, 2.05) is 0 Å². The molecule has 0 spiro atoms. The normalized spacial score (nSPS) is 12.6. The minimum Gasteiger partial charge on any atom is -0.310 e. The van der Waals surface area contributed by atoms with E-state index in [-0.39, 0.29) is 0 Å². The van der Waals surface area contributed by atoms with Crippen molar-refractivity contribution in [2.75, 3.05) is 6.54 Å². The van der Waals surface area contributed by atoms with Gasteiger partial charge in [-0.1, -0.05) is 58.1 Å². The Labute approximate surface area is 132 Å². The summed E-state index contributed by atoms with van der Waals surface area (Å²) in [4.78, 5) is 0. The van der Waals surface area contributed by atoms with Gasteiger partial charge in [-0.05, 0) is 59.7 Å². The summed E-state index contributed by atoms with van der Waals surface area (Å²) in [6.07, 6.45) is 9.29. The molecule has 0 aliphatic carbocycles. The van der Waals surface area contributed by atoms with Crippen molar-refractivity contribution in [2.24, 2.45) is 0 Å². The number of unbranched alkanes of at least 4 members (excludes halogenated alkanes) is 4. The molecule has 0 amide bonds. The lowest BCUT2D eigenvalue weighted by atomic mass is 9.99. The van der Waals surface area contributed by atoms with E-state index in [9.17, 15) is 0 Å². The molecule has 0 aliphatic rings. The van der Waals surface area contributed by atoms with Crippen molar-refractivity contribution in [2.45, 2.75) is 64.8 Å². The quantitative estimate of drug-likeness (QED) is 0.410. The second-order valence-corrected chi connectivity index (χ2v) is 6.51. The van der Waals surface area contributed by atoms with Gasteiger partial charge in [0.25, 0.3) is 0 Å². The summed E-state index contributed by atoms with van der Waals surface area (Å²) in [6, 6.07) is 9.47. The van der Waals surface area contributed by atoms with Crippen LogP contribution in [0.4, 0.5) is 0 Å². The molecule has 1 rings (SSSR count). The maximum Gasteiger partial charge on any atom is 0.0320 e. The van der Waals surface area contributed by atoms with E-state index in [2.05, 4.69) is 66.0 Å². The molecule has 108 valence electrons. The summed E-state index contributed by atoms with van der Waals surface area (Å²) >= 11 is 2.40. The molecule has 0 saturated heterocycles. The van der Waals surface area contributed by atoms with Crippen LogP contribution in [0.1, 0.15) is 70.4 Å². The fourth-order valence-corrected chi connectivity index (χ4v) is 2.95. The summed E-state index contributed by atoms with van der Waals surface area (Å²) in [7, 11) is 0. The molecule has 1 aromatic carbocycles. The van der Waals surface area contributed by atoms with E-state index in [1.54, 1.807) is 0 Å². The van der Waals surface area contributed by atoms with Crippen LogP contribution in [0.5, 0.6) is 0 Å². The van der Waals surface area contributed by atoms with Crippen LogP contribution < -0.4 is 5.32 Å². The topological polar surface area (TPSA) is 12.0 Å². The van der Waals surface area contributed by atoms with Crippen LogP contribution in [0.2, 0.25) is 0 Å². The highest BCUT2D eigenvalue weighted by atomic mass is 127. The molecule has 1 N–H and O–H groups in total. The molecule has 1 aromatic rings. The van der Waals surface area contributed by atoms with E-state index in [1.165, 1.54) is 54.1 Å². The fraction of sp³-hybridized carbons (Fsp3) is 0.647. The van der Waals surface area contributed by atoms with Crippen LogP contribution >= 0.6 is 22.6 Å². The average molecular weight is 373 g/mol. The largest absolute Gasteiger partial charge is 0.310 e. The third kappa shape index (κ3) is 7.31. The van der Waals surface area contributed by atoms with Crippen molar-refractivity contribution in [1.29, 1.82) is 0 Å². The molecule has 0 fully saturated rings. The van der Waals surface area contributed by atoms with Crippen LogP contribution in [-0.4, -0.2) is 6.54 Å². The van der Waals surface area contributed by atoms with Crippen LogP contribution in [0.25, 0.3) is 0 Å². The molecule has 0 aliphatic heterocycles. The van der Waals surface area contributed by atoms with E-state index in [0.717, 1.165) is 6.54 Å². The Morgan fingerprint density at radius 2 is 1.84 bits per heavy atom. The number of halogens is 1. The van der Waals surface area contributed by atoms with Crippen molar-refractivity contribution >= 4 is 22.6 Å². The lowest BCUT2D eigenvalue weighted by Gasteiger charge is -2.19. The minimum absolute atomic E-state index is 0.538. The van der Waals surface area contributed by atoms with Gasteiger partial charge < -0.3 is 5.32 Å². The van der Waals surface area contributed by atoms with Gasteiger partial charge >= 0.3 is 0 Å². The van der Waals surface area contributed by atoms with Crippen molar-refractivity contribution in [3.8, 4) is 0 Å². The molecule has 0 heterocycles. The zero-order valence-corrected chi connectivity index (χ0v) is 14.6. The minimum atomic E-state index is 0.538. The van der Waals surface area contributed by atoms with Gasteiger partial charge in [0, 0.05) is 9.61 Å². The van der Waals surface area contributed by atoms with Crippen LogP contribution in [-0.2, 0) is 0 Å². The number of benzene rings is 1. The number of rotatable bonds is 10. The second-order valence-electron chi connectivity index (χ2n) is 5.26. The van der Waals surface area contributed by atoms with Gasteiger partial charge in [0.2, 0.25) is 0 Å². The molecule has 2 heteroatoms. The Balaban J connectivity index is 2.47. The third-order valence-corrected chi connectivity index (χ3v) is 4.16. The number of nitrogens with one attached hydrogen (secondary N) is 1. The Hall–Kier alpha value is -0.0900. The third-order valence-electron chi connectivity index (χ3n) is 3.49. The van der Waals surface area contributed by atoms with E-state index >= 15 is 0 Å². The molecule has 0 radical (unpaired) electrons. The Kier molecular flexibility index (Phi) is 9.52. The predicted molar refractivity (Wildman–Crippen MR) is 93.6 cm³/mol. The monoisotopic (exact) mass is 373 g/mol. The second kappa shape index (κ2) is 10.7. The first kappa shape index (κ1) is 17.0. The highest BCUT2D eigenvalue weighted by molar-refractivity contribution is 14.1. The summed E-state index contributed by atoms with van der Waals surface area (Å²) in [5.74, 6) is 0. The van der Waals surface area contributed by atoms with Crippen molar-refractivity contribution < 1.29 is 0 Å². The van der Waals surface area contributed by atoms with Gasteiger partial charge in [0.05, 0.1) is 0 Å². The predicted octanol–water partition coefficient (Wildman–Crippen LogP) is 5.69. The summed E-state index contributed by atoms with van der Waals surface area (Å²) < 4.78 is 1.34. The first-order valence-electron chi connectivity index (χ1n) is 7.76.